The largest absolute Gasteiger partial charge is 0.416 e. The molecule has 16 heavy (non-hydrogen) atoms. The molecule has 0 heterocycles. The Kier molecular flexibility index (Phi) is 2.43. The molecule has 0 unspecified atom stereocenters. The monoisotopic (exact) mass is 244 g/mol. The second kappa shape index (κ2) is 3.43. The predicted octanol–water partition coefficient (Wildman–Crippen LogP) is 4.02. The van der Waals surface area contributed by atoms with Crippen LogP contribution in [0.15, 0.2) is 18.2 Å². The third kappa shape index (κ3) is 1.90. The topological polar surface area (TPSA) is 0 Å². The van der Waals surface area contributed by atoms with Gasteiger partial charge in [0.15, 0.2) is 0 Å². The Labute approximate surface area is 96.4 Å². The lowest BCUT2D eigenvalue weighted by molar-refractivity contribution is -0.137. The van der Waals surface area contributed by atoms with Gasteiger partial charge in [-0.2, -0.15) is 13.2 Å². The summed E-state index contributed by atoms with van der Waals surface area (Å²) in [6, 6.07) is 3.53. The summed E-state index contributed by atoms with van der Waals surface area (Å²) in [7, 11) is 0. The molecule has 4 heteroatoms. The van der Waals surface area contributed by atoms with E-state index in [0.717, 1.165) is 25.0 Å². The summed E-state index contributed by atoms with van der Waals surface area (Å²) in [5.41, 5.74) is -0.767. The number of alkyl halides is 3. The van der Waals surface area contributed by atoms with E-state index in [4.69, 9.17) is 18.0 Å². The minimum atomic E-state index is -4.38. The Morgan fingerprint density at radius 3 is 2.31 bits per heavy atom. The number of rotatable bonds is 1. The van der Waals surface area contributed by atoms with Gasteiger partial charge < -0.3 is 0 Å². The van der Waals surface area contributed by atoms with E-state index in [0.29, 0.717) is 5.56 Å². The SMILES string of the molecule is C#CC1(c2cc(Cl)cc(C(F)(F)F)c2)CC1. The van der Waals surface area contributed by atoms with Crippen molar-refractivity contribution in [2.75, 3.05) is 0 Å². The first kappa shape index (κ1) is 11.3. The van der Waals surface area contributed by atoms with Gasteiger partial charge in [-0.15, -0.1) is 6.42 Å². The summed E-state index contributed by atoms with van der Waals surface area (Å²) in [6.45, 7) is 0. The van der Waals surface area contributed by atoms with Gasteiger partial charge in [0.1, 0.15) is 0 Å². The summed E-state index contributed by atoms with van der Waals surface area (Å²) < 4.78 is 37.7. The normalized spacial score (nSPS) is 17.9. The van der Waals surface area contributed by atoms with Crippen molar-refractivity contribution in [3.05, 3.63) is 34.3 Å². The van der Waals surface area contributed by atoms with Gasteiger partial charge >= 0.3 is 6.18 Å². The van der Waals surface area contributed by atoms with E-state index in [9.17, 15) is 13.2 Å². The predicted molar refractivity (Wildman–Crippen MR) is 56.2 cm³/mol. The van der Waals surface area contributed by atoms with E-state index in [1.54, 1.807) is 0 Å². The van der Waals surface area contributed by atoms with Crippen LogP contribution >= 0.6 is 11.6 Å². The highest BCUT2D eigenvalue weighted by molar-refractivity contribution is 6.30. The minimum Gasteiger partial charge on any atom is -0.166 e. The molecule has 0 aliphatic heterocycles. The number of terminal acetylenes is 1. The molecule has 84 valence electrons. The van der Waals surface area contributed by atoms with Crippen LogP contribution in [0.1, 0.15) is 24.0 Å². The Morgan fingerprint density at radius 1 is 1.25 bits per heavy atom. The van der Waals surface area contributed by atoms with Gasteiger partial charge in [-0.05, 0) is 36.6 Å². The van der Waals surface area contributed by atoms with Gasteiger partial charge in [-0.1, -0.05) is 17.5 Å². The summed E-state index contributed by atoms with van der Waals surface area (Å²) in [5, 5.41) is 0.0753. The Hall–Kier alpha value is -1.14. The average Bonchev–Trinajstić information content (AvgIpc) is 2.96. The van der Waals surface area contributed by atoms with Crippen LogP contribution < -0.4 is 0 Å². The quantitative estimate of drug-likeness (QED) is 0.655. The van der Waals surface area contributed by atoms with E-state index in [2.05, 4.69) is 5.92 Å². The summed E-state index contributed by atoms with van der Waals surface area (Å²) in [6.07, 6.45) is 2.40. The van der Waals surface area contributed by atoms with Crippen LogP contribution in [0, 0.1) is 12.3 Å². The molecule has 0 aromatic heterocycles. The molecule has 1 aromatic rings. The molecule has 1 saturated carbocycles. The lowest BCUT2D eigenvalue weighted by Gasteiger charge is -2.13. The Bertz CT molecular complexity index is 464. The lowest BCUT2D eigenvalue weighted by atomic mass is 9.95. The second-order valence-corrected chi connectivity index (χ2v) is 4.39. The molecule has 0 amide bonds. The van der Waals surface area contributed by atoms with Crippen LogP contribution in [-0.4, -0.2) is 0 Å². The first-order chi connectivity index (χ1) is 7.37. The molecule has 2 rings (SSSR count). The Balaban J connectivity index is 2.50. The molecule has 1 aliphatic rings. The van der Waals surface area contributed by atoms with E-state index in [-0.39, 0.29) is 5.02 Å². The zero-order valence-corrected chi connectivity index (χ0v) is 8.99. The first-order valence-electron chi connectivity index (χ1n) is 4.73. The molecular weight excluding hydrogens is 237 g/mol. The van der Waals surface area contributed by atoms with Crippen molar-refractivity contribution in [2.45, 2.75) is 24.4 Å². The van der Waals surface area contributed by atoms with E-state index < -0.39 is 17.2 Å². The van der Waals surface area contributed by atoms with Crippen LogP contribution in [0.4, 0.5) is 13.2 Å². The standard InChI is InChI=1S/C12H8ClF3/c1-2-11(3-4-11)8-5-9(12(14,15)16)7-10(13)6-8/h1,5-7H,3-4H2. The number of halogens is 4. The molecule has 0 nitrogen and oxygen atoms in total. The fourth-order valence-corrected chi connectivity index (χ4v) is 1.91. The molecule has 0 saturated heterocycles. The minimum absolute atomic E-state index is 0.0753. The van der Waals surface area contributed by atoms with Gasteiger partial charge in [-0.3, -0.25) is 0 Å². The highest BCUT2D eigenvalue weighted by atomic mass is 35.5. The summed E-state index contributed by atoms with van der Waals surface area (Å²) in [5.74, 6) is 2.55. The van der Waals surface area contributed by atoms with Gasteiger partial charge in [0.25, 0.3) is 0 Å². The van der Waals surface area contributed by atoms with Crippen molar-refractivity contribution in [1.82, 2.24) is 0 Å². The third-order valence-electron chi connectivity index (χ3n) is 2.80. The maximum absolute atomic E-state index is 12.6. The highest BCUT2D eigenvalue weighted by Crippen LogP contribution is 2.49. The Morgan fingerprint density at radius 2 is 1.88 bits per heavy atom. The highest BCUT2D eigenvalue weighted by Gasteiger charge is 2.44. The van der Waals surface area contributed by atoms with Gasteiger partial charge in [0.05, 0.1) is 11.0 Å². The molecule has 0 radical (unpaired) electrons. The first-order valence-corrected chi connectivity index (χ1v) is 5.11. The van der Waals surface area contributed by atoms with Crippen molar-refractivity contribution in [3.63, 3.8) is 0 Å². The number of hydrogen-bond donors (Lipinski definition) is 0. The maximum Gasteiger partial charge on any atom is 0.416 e. The zero-order valence-electron chi connectivity index (χ0n) is 8.24. The van der Waals surface area contributed by atoms with E-state index in [1.165, 1.54) is 6.07 Å². The van der Waals surface area contributed by atoms with Crippen LogP contribution in [-0.2, 0) is 11.6 Å². The summed E-state index contributed by atoms with van der Waals surface area (Å²) >= 11 is 5.68. The van der Waals surface area contributed by atoms with Crippen molar-refractivity contribution < 1.29 is 13.2 Å². The molecule has 1 fully saturated rings. The molecule has 0 bridgehead atoms. The van der Waals surface area contributed by atoms with Crippen LogP contribution in [0.25, 0.3) is 0 Å². The third-order valence-corrected chi connectivity index (χ3v) is 3.02. The van der Waals surface area contributed by atoms with Crippen LogP contribution in [0.3, 0.4) is 0 Å². The molecule has 1 aromatic carbocycles. The van der Waals surface area contributed by atoms with Crippen molar-refractivity contribution in [3.8, 4) is 12.3 Å². The number of hydrogen-bond acceptors (Lipinski definition) is 0. The fraction of sp³-hybridized carbons (Fsp3) is 0.333. The van der Waals surface area contributed by atoms with Gasteiger partial charge in [-0.25, -0.2) is 0 Å². The van der Waals surface area contributed by atoms with E-state index >= 15 is 0 Å². The number of benzene rings is 1. The molecular formula is C12H8ClF3. The van der Waals surface area contributed by atoms with Crippen molar-refractivity contribution in [1.29, 1.82) is 0 Å². The summed E-state index contributed by atoms with van der Waals surface area (Å²) in [4.78, 5) is 0. The second-order valence-electron chi connectivity index (χ2n) is 3.95. The van der Waals surface area contributed by atoms with Gasteiger partial charge in [0, 0.05) is 5.02 Å². The molecule has 0 atom stereocenters. The van der Waals surface area contributed by atoms with Crippen LogP contribution in [0.2, 0.25) is 5.02 Å². The smallest absolute Gasteiger partial charge is 0.166 e. The zero-order chi connectivity index (χ0) is 12.0. The van der Waals surface area contributed by atoms with Crippen LogP contribution in [0.5, 0.6) is 0 Å². The molecule has 0 N–H and O–H groups in total. The molecule has 0 spiro atoms. The van der Waals surface area contributed by atoms with Gasteiger partial charge in [0.2, 0.25) is 0 Å². The lowest BCUT2D eigenvalue weighted by Crippen LogP contribution is -2.09. The molecule has 1 aliphatic carbocycles. The van der Waals surface area contributed by atoms with Crippen molar-refractivity contribution in [2.24, 2.45) is 0 Å². The maximum atomic E-state index is 12.6. The fourth-order valence-electron chi connectivity index (χ4n) is 1.67. The average molecular weight is 245 g/mol. The van der Waals surface area contributed by atoms with Crippen molar-refractivity contribution >= 4 is 11.6 Å². The van der Waals surface area contributed by atoms with E-state index in [1.807, 2.05) is 0 Å².